The largest absolute Gasteiger partial charge is 0.385 e. The molecule has 1 aromatic rings. The lowest BCUT2D eigenvalue weighted by molar-refractivity contribution is 0.189. The number of nitrogens with one attached hydrogen (secondary N) is 1. The molecule has 7 heteroatoms. The normalized spacial score (nSPS) is 12.0. The Morgan fingerprint density at radius 2 is 2.10 bits per heavy atom. The van der Waals surface area contributed by atoms with Gasteiger partial charge in [0.05, 0.1) is 4.90 Å². The zero-order valence-corrected chi connectivity index (χ0v) is 15.1. The van der Waals surface area contributed by atoms with E-state index in [2.05, 4.69) is 21.2 Å². The second kappa shape index (κ2) is 8.85. The molecule has 0 aliphatic heterocycles. The van der Waals surface area contributed by atoms with Crippen LogP contribution in [0.3, 0.4) is 0 Å². The fraction of sp³-hybridized carbons (Fsp3) is 0.571. The molecule has 0 bridgehead atoms. The van der Waals surface area contributed by atoms with Crippen LogP contribution in [0.5, 0.6) is 0 Å². The first-order valence-electron chi connectivity index (χ1n) is 6.88. The van der Waals surface area contributed by atoms with Gasteiger partial charge < -0.3 is 10.1 Å². The highest BCUT2D eigenvalue weighted by atomic mass is 79.9. The predicted molar refractivity (Wildman–Crippen MR) is 87.8 cm³/mol. The number of nitrogens with zero attached hydrogens (tertiary/aromatic N) is 1. The summed E-state index contributed by atoms with van der Waals surface area (Å²) in [6.07, 6.45) is 0.668. The lowest BCUT2D eigenvalue weighted by Gasteiger charge is -2.18. The molecule has 1 N–H and O–H groups in total. The Bertz CT molecular complexity index is 549. The molecule has 0 fully saturated rings. The highest BCUT2D eigenvalue weighted by Crippen LogP contribution is 2.25. The molecule has 5 nitrogen and oxygen atoms in total. The summed E-state index contributed by atoms with van der Waals surface area (Å²) in [4.78, 5) is 0.304. The Balaban J connectivity index is 2.95. The van der Waals surface area contributed by atoms with Crippen LogP contribution in [-0.4, -0.2) is 46.6 Å². The molecule has 0 aliphatic rings. The number of rotatable bonds is 9. The van der Waals surface area contributed by atoms with Crippen molar-refractivity contribution in [1.29, 1.82) is 0 Å². The molecule has 120 valence electrons. The van der Waals surface area contributed by atoms with Crippen molar-refractivity contribution in [2.75, 3.05) is 33.9 Å². The molecule has 1 aromatic carbocycles. The van der Waals surface area contributed by atoms with Crippen molar-refractivity contribution in [1.82, 2.24) is 9.62 Å². The van der Waals surface area contributed by atoms with E-state index in [0.717, 1.165) is 12.1 Å². The Labute approximate surface area is 135 Å². The lowest BCUT2D eigenvalue weighted by atomic mass is 10.2. The molecule has 1 rings (SSSR count). The van der Waals surface area contributed by atoms with Crippen molar-refractivity contribution in [3.8, 4) is 0 Å². The highest BCUT2D eigenvalue weighted by Gasteiger charge is 2.23. The van der Waals surface area contributed by atoms with Crippen molar-refractivity contribution in [3.05, 3.63) is 28.2 Å². The molecule has 0 heterocycles. The monoisotopic (exact) mass is 378 g/mol. The molecule has 0 unspecified atom stereocenters. The average Bonchev–Trinajstić information content (AvgIpc) is 2.46. The van der Waals surface area contributed by atoms with Crippen LogP contribution in [0.2, 0.25) is 0 Å². The summed E-state index contributed by atoms with van der Waals surface area (Å²) in [7, 11) is -0.296. The van der Waals surface area contributed by atoms with Gasteiger partial charge in [-0.3, -0.25) is 0 Å². The molecular formula is C14H23BrN2O3S. The van der Waals surface area contributed by atoms with Gasteiger partial charge in [-0.25, -0.2) is 12.7 Å². The van der Waals surface area contributed by atoms with Crippen molar-refractivity contribution >= 4 is 26.0 Å². The van der Waals surface area contributed by atoms with Gasteiger partial charge in [-0.15, -0.1) is 0 Å². The first kappa shape index (κ1) is 18.6. The van der Waals surface area contributed by atoms with Crippen LogP contribution in [0.15, 0.2) is 27.6 Å². The SMILES string of the molecule is CCNCc1ccc(Br)c(S(=O)(=O)N(C)CCCOC)c1. The van der Waals surface area contributed by atoms with Crippen LogP contribution in [-0.2, 0) is 21.3 Å². The third kappa shape index (κ3) is 5.34. The minimum Gasteiger partial charge on any atom is -0.385 e. The maximum Gasteiger partial charge on any atom is 0.243 e. The molecule has 0 amide bonds. The first-order chi connectivity index (χ1) is 9.93. The standard InChI is InChI=1S/C14H23BrN2O3S/c1-4-16-11-12-6-7-13(15)14(10-12)21(18,19)17(2)8-5-9-20-3/h6-7,10,16H,4-5,8-9,11H2,1-3H3. The van der Waals surface area contributed by atoms with E-state index in [9.17, 15) is 8.42 Å². The van der Waals surface area contributed by atoms with Gasteiger partial charge >= 0.3 is 0 Å². The second-order valence-corrected chi connectivity index (χ2v) is 7.59. The lowest BCUT2D eigenvalue weighted by Crippen LogP contribution is -2.29. The van der Waals surface area contributed by atoms with Crippen molar-refractivity contribution in [3.63, 3.8) is 0 Å². The summed E-state index contributed by atoms with van der Waals surface area (Å²) >= 11 is 3.33. The maximum absolute atomic E-state index is 12.6. The average molecular weight is 379 g/mol. The van der Waals surface area contributed by atoms with Gasteiger partial charge in [-0.2, -0.15) is 0 Å². The summed E-state index contributed by atoms with van der Waals surface area (Å²) in [6, 6.07) is 5.41. The van der Waals surface area contributed by atoms with Gasteiger partial charge in [0.1, 0.15) is 0 Å². The van der Waals surface area contributed by atoms with E-state index in [1.165, 1.54) is 4.31 Å². The molecule has 0 radical (unpaired) electrons. The third-order valence-electron chi connectivity index (χ3n) is 3.08. The van der Waals surface area contributed by atoms with Gasteiger partial charge in [0.25, 0.3) is 0 Å². The number of ether oxygens (including phenoxy) is 1. The summed E-state index contributed by atoms with van der Waals surface area (Å²) in [6.45, 7) is 4.48. The van der Waals surface area contributed by atoms with Crippen LogP contribution in [0.1, 0.15) is 18.9 Å². The van der Waals surface area contributed by atoms with E-state index in [0.29, 0.717) is 35.5 Å². The van der Waals surface area contributed by atoms with Gasteiger partial charge in [0.15, 0.2) is 0 Å². The van der Waals surface area contributed by atoms with Gasteiger partial charge in [-0.1, -0.05) is 13.0 Å². The molecule has 21 heavy (non-hydrogen) atoms. The topological polar surface area (TPSA) is 58.6 Å². The van der Waals surface area contributed by atoms with Crippen LogP contribution < -0.4 is 5.32 Å². The van der Waals surface area contributed by atoms with Gasteiger partial charge in [0, 0.05) is 38.3 Å². The van der Waals surface area contributed by atoms with Crippen molar-refractivity contribution in [2.45, 2.75) is 24.8 Å². The molecule has 0 saturated carbocycles. The minimum atomic E-state index is -3.49. The highest BCUT2D eigenvalue weighted by molar-refractivity contribution is 9.10. The Kier molecular flexibility index (Phi) is 7.83. The van der Waals surface area contributed by atoms with Crippen molar-refractivity contribution in [2.24, 2.45) is 0 Å². The summed E-state index contributed by atoms with van der Waals surface area (Å²) in [5.41, 5.74) is 0.948. The number of sulfonamides is 1. The zero-order valence-electron chi connectivity index (χ0n) is 12.7. The van der Waals surface area contributed by atoms with E-state index in [1.54, 1.807) is 26.3 Å². The van der Waals surface area contributed by atoms with Crippen molar-refractivity contribution < 1.29 is 13.2 Å². The number of halogens is 1. The molecule has 0 aliphatic carbocycles. The fourth-order valence-corrected chi connectivity index (χ4v) is 4.02. The molecular weight excluding hydrogens is 356 g/mol. The van der Waals surface area contributed by atoms with Gasteiger partial charge in [-0.05, 0) is 46.6 Å². The summed E-state index contributed by atoms with van der Waals surface area (Å²) in [5.74, 6) is 0. The van der Waals surface area contributed by atoms with E-state index in [1.807, 2.05) is 13.0 Å². The predicted octanol–water partition coefficient (Wildman–Crippen LogP) is 2.22. The molecule has 0 aromatic heterocycles. The van der Waals surface area contributed by atoms with E-state index in [4.69, 9.17) is 4.74 Å². The first-order valence-corrected chi connectivity index (χ1v) is 9.11. The van der Waals surface area contributed by atoms with Gasteiger partial charge in [0.2, 0.25) is 10.0 Å². The minimum absolute atomic E-state index is 0.304. The molecule has 0 saturated heterocycles. The van der Waals surface area contributed by atoms with Crippen LogP contribution in [0.25, 0.3) is 0 Å². The van der Waals surface area contributed by atoms with Crippen LogP contribution in [0.4, 0.5) is 0 Å². The quantitative estimate of drug-likeness (QED) is 0.669. The number of benzene rings is 1. The fourth-order valence-electron chi connectivity index (χ4n) is 1.84. The number of hydrogen-bond acceptors (Lipinski definition) is 4. The summed E-state index contributed by atoms with van der Waals surface area (Å²) in [5, 5.41) is 3.19. The maximum atomic E-state index is 12.6. The molecule has 0 spiro atoms. The smallest absolute Gasteiger partial charge is 0.243 e. The Morgan fingerprint density at radius 3 is 2.71 bits per heavy atom. The summed E-state index contributed by atoms with van der Waals surface area (Å²) < 4.78 is 32.1. The Morgan fingerprint density at radius 1 is 1.38 bits per heavy atom. The third-order valence-corrected chi connectivity index (χ3v) is 5.94. The Hall–Kier alpha value is -0.470. The van der Waals surface area contributed by atoms with E-state index >= 15 is 0 Å². The van der Waals surface area contributed by atoms with E-state index in [-0.39, 0.29) is 0 Å². The molecule has 0 atom stereocenters. The van der Waals surface area contributed by atoms with E-state index < -0.39 is 10.0 Å². The number of methoxy groups -OCH3 is 1. The zero-order chi connectivity index (χ0) is 15.9. The number of hydrogen-bond donors (Lipinski definition) is 1. The van der Waals surface area contributed by atoms with Crippen LogP contribution >= 0.6 is 15.9 Å². The van der Waals surface area contributed by atoms with Crippen LogP contribution in [0, 0.1) is 0 Å². The second-order valence-electron chi connectivity index (χ2n) is 4.72.